The lowest BCUT2D eigenvalue weighted by molar-refractivity contribution is -0.137. The van der Waals surface area contributed by atoms with Crippen LogP contribution < -0.4 is 11.1 Å². The molecular weight excluding hydrogens is 289 g/mol. The van der Waals surface area contributed by atoms with Gasteiger partial charge in [-0.1, -0.05) is 5.92 Å². The zero-order valence-corrected chi connectivity index (χ0v) is 10.9. The number of amides is 1. The van der Waals surface area contributed by atoms with Crippen LogP contribution in [0.5, 0.6) is 0 Å². The standard InChI is InChI=1S/C13H9F3N2OS/c1-2-5-18-12(19)11-10(17)8-6-7(13(14,15)16)3-4-9(8)20-11/h1,3-4,6H,5,17H2,(H,18,19). The van der Waals surface area contributed by atoms with Gasteiger partial charge in [-0.05, 0) is 18.2 Å². The van der Waals surface area contributed by atoms with E-state index in [0.29, 0.717) is 4.70 Å². The first-order chi connectivity index (χ1) is 9.34. The number of alkyl halides is 3. The van der Waals surface area contributed by atoms with Crippen LogP contribution in [-0.4, -0.2) is 12.5 Å². The summed E-state index contributed by atoms with van der Waals surface area (Å²) in [5.74, 6) is 1.74. The molecule has 0 atom stereocenters. The molecule has 0 fully saturated rings. The van der Waals surface area contributed by atoms with Gasteiger partial charge in [0.25, 0.3) is 5.91 Å². The summed E-state index contributed by atoms with van der Waals surface area (Å²) in [5, 5.41) is 2.65. The van der Waals surface area contributed by atoms with Gasteiger partial charge in [0.1, 0.15) is 4.88 Å². The molecule has 0 bridgehead atoms. The number of carbonyl (C=O) groups excluding carboxylic acids is 1. The summed E-state index contributed by atoms with van der Waals surface area (Å²) >= 11 is 1.03. The van der Waals surface area contributed by atoms with E-state index < -0.39 is 17.6 Å². The predicted molar refractivity (Wildman–Crippen MR) is 72.4 cm³/mol. The molecule has 104 valence electrons. The molecule has 0 saturated heterocycles. The summed E-state index contributed by atoms with van der Waals surface area (Å²) in [5.41, 5.74) is 4.99. The molecule has 2 rings (SSSR count). The fourth-order valence-corrected chi connectivity index (χ4v) is 2.69. The van der Waals surface area contributed by atoms with Gasteiger partial charge in [0.05, 0.1) is 17.8 Å². The Hall–Kier alpha value is -2.20. The Kier molecular flexibility index (Phi) is 3.59. The Bertz CT molecular complexity index is 713. The van der Waals surface area contributed by atoms with Crippen molar-refractivity contribution in [3.63, 3.8) is 0 Å². The molecule has 0 aliphatic heterocycles. The van der Waals surface area contributed by atoms with Gasteiger partial charge in [0.15, 0.2) is 0 Å². The maximum atomic E-state index is 12.6. The van der Waals surface area contributed by atoms with Crippen LogP contribution in [-0.2, 0) is 6.18 Å². The van der Waals surface area contributed by atoms with Gasteiger partial charge in [0, 0.05) is 10.1 Å². The molecule has 0 aliphatic rings. The van der Waals surface area contributed by atoms with Crippen molar-refractivity contribution in [2.75, 3.05) is 12.3 Å². The summed E-state index contributed by atoms with van der Waals surface area (Å²) in [6.07, 6.45) is 0.568. The largest absolute Gasteiger partial charge is 0.416 e. The van der Waals surface area contributed by atoms with Crippen LogP contribution in [0.4, 0.5) is 18.9 Å². The van der Waals surface area contributed by atoms with E-state index in [4.69, 9.17) is 12.2 Å². The number of fused-ring (bicyclic) bond motifs is 1. The monoisotopic (exact) mass is 298 g/mol. The molecule has 1 amide bonds. The fourth-order valence-electron chi connectivity index (χ4n) is 1.67. The molecule has 2 aromatic rings. The van der Waals surface area contributed by atoms with Gasteiger partial charge in [-0.25, -0.2) is 0 Å². The van der Waals surface area contributed by atoms with Crippen LogP contribution in [0, 0.1) is 12.3 Å². The molecule has 0 aliphatic carbocycles. The second kappa shape index (κ2) is 5.06. The van der Waals surface area contributed by atoms with Crippen LogP contribution >= 0.6 is 11.3 Å². The van der Waals surface area contributed by atoms with Crippen LogP contribution in [0.15, 0.2) is 18.2 Å². The molecular formula is C13H9F3N2OS. The zero-order chi connectivity index (χ0) is 14.9. The number of thiophene rings is 1. The topological polar surface area (TPSA) is 55.1 Å². The number of carbonyl (C=O) groups is 1. The first-order valence-corrected chi connectivity index (χ1v) is 6.27. The first-order valence-electron chi connectivity index (χ1n) is 5.45. The second-order valence-electron chi connectivity index (χ2n) is 3.94. The summed E-state index contributed by atoms with van der Waals surface area (Å²) in [6.45, 7) is 0.0281. The second-order valence-corrected chi connectivity index (χ2v) is 4.99. The van der Waals surface area contributed by atoms with Crippen LogP contribution in [0.3, 0.4) is 0 Å². The van der Waals surface area contributed by atoms with E-state index in [1.807, 2.05) is 0 Å². The van der Waals surface area contributed by atoms with Crippen molar-refractivity contribution in [2.45, 2.75) is 6.18 Å². The normalized spacial score (nSPS) is 11.3. The number of halogens is 3. The van der Waals surface area contributed by atoms with Gasteiger partial charge in [-0.2, -0.15) is 13.2 Å². The highest BCUT2D eigenvalue weighted by Crippen LogP contribution is 2.38. The molecule has 0 unspecified atom stereocenters. The van der Waals surface area contributed by atoms with E-state index in [9.17, 15) is 18.0 Å². The van der Waals surface area contributed by atoms with Crippen molar-refractivity contribution < 1.29 is 18.0 Å². The fraction of sp³-hybridized carbons (Fsp3) is 0.154. The van der Waals surface area contributed by atoms with Crippen molar-refractivity contribution >= 4 is 33.0 Å². The number of hydrogen-bond acceptors (Lipinski definition) is 3. The van der Waals surface area contributed by atoms with Gasteiger partial charge < -0.3 is 11.1 Å². The summed E-state index contributed by atoms with van der Waals surface area (Å²) in [6, 6.07) is 3.21. The van der Waals surface area contributed by atoms with Gasteiger partial charge in [0.2, 0.25) is 0 Å². The number of rotatable bonds is 2. The minimum Gasteiger partial charge on any atom is -0.397 e. The number of hydrogen-bond donors (Lipinski definition) is 2. The van der Waals surface area contributed by atoms with Crippen molar-refractivity contribution in [1.29, 1.82) is 0 Å². The van der Waals surface area contributed by atoms with E-state index >= 15 is 0 Å². The van der Waals surface area contributed by atoms with E-state index in [0.717, 1.165) is 23.5 Å². The number of terminal acetylenes is 1. The van der Waals surface area contributed by atoms with Crippen molar-refractivity contribution in [2.24, 2.45) is 0 Å². The summed E-state index contributed by atoms with van der Waals surface area (Å²) in [4.78, 5) is 11.9. The lowest BCUT2D eigenvalue weighted by Crippen LogP contribution is -2.23. The Morgan fingerprint density at radius 1 is 1.45 bits per heavy atom. The molecule has 3 nitrogen and oxygen atoms in total. The van der Waals surface area contributed by atoms with Gasteiger partial charge >= 0.3 is 6.18 Å². The third kappa shape index (κ3) is 2.56. The molecule has 7 heteroatoms. The van der Waals surface area contributed by atoms with Crippen molar-refractivity contribution in [1.82, 2.24) is 5.32 Å². The van der Waals surface area contributed by atoms with Gasteiger partial charge in [-0.3, -0.25) is 4.79 Å². The Labute approximate surface area is 116 Å². The number of anilines is 1. The highest BCUT2D eigenvalue weighted by molar-refractivity contribution is 7.21. The van der Waals surface area contributed by atoms with Crippen LogP contribution in [0.1, 0.15) is 15.2 Å². The number of nitrogens with one attached hydrogen (secondary N) is 1. The third-order valence-electron chi connectivity index (χ3n) is 2.61. The SMILES string of the molecule is C#CCNC(=O)c1sc2ccc(C(F)(F)F)cc2c1N. The maximum Gasteiger partial charge on any atom is 0.416 e. The molecule has 0 saturated carbocycles. The van der Waals surface area contributed by atoms with E-state index in [-0.39, 0.29) is 22.5 Å². The Balaban J connectivity index is 2.49. The molecule has 0 radical (unpaired) electrons. The molecule has 1 heterocycles. The number of nitrogens with two attached hydrogens (primary N) is 1. The molecule has 1 aromatic heterocycles. The number of nitrogen functional groups attached to an aromatic ring is 1. The highest BCUT2D eigenvalue weighted by Gasteiger charge is 2.31. The van der Waals surface area contributed by atoms with Crippen LogP contribution in [0.25, 0.3) is 10.1 Å². The van der Waals surface area contributed by atoms with Crippen LogP contribution in [0.2, 0.25) is 0 Å². The van der Waals surface area contributed by atoms with Gasteiger partial charge in [-0.15, -0.1) is 17.8 Å². The van der Waals surface area contributed by atoms with Crippen molar-refractivity contribution in [3.8, 4) is 12.3 Å². The summed E-state index contributed by atoms with van der Waals surface area (Å²) < 4.78 is 38.4. The van der Waals surface area contributed by atoms with E-state index in [1.165, 1.54) is 6.07 Å². The lowest BCUT2D eigenvalue weighted by Gasteiger charge is -2.06. The number of benzene rings is 1. The molecule has 20 heavy (non-hydrogen) atoms. The predicted octanol–water partition coefficient (Wildman–Crippen LogP) is 2.87. The smallest absolute Gasteiger partial charge is 0.397 e. The minimum atomic E-state index is -4.45. The molecule has 0 spiro atoms. The lowest BCUT2D eigenvalue weighted by atomic mass is 10.1. The average Bonchev–Trinajstić information content (AvgIpc) is 2.72. The Morgan fingerprint density at radius 3 is 2.75 bits per heavy atom. The van der Waals surface area contributed by atoms with Crippen molar-refractivity contribution in [3.05, 3.63) is 28.6 Å². The quantitative estimate of drug-likeness (QED) is 0.838. The Morgan fingerprint density at radius 2 is 2.15 bits per heavy atom. The van der Waals surface area contributed by atoms with E-state index in [1.54, 1.807) is 0 Å². The summed E-state index contributed by atoms with van der Waals surface area (Å²) in [7, 11) is 0. The highest BCUT2D eigenvalue weighted by atomic mass is 32.1. The first kappa shape index (κ1) is 14.2. The maximum absolute atomic E-state index is 12.6. The third-order valence-corrected chi connectivity index (χ3v) is 3.80. The zero-order valence-electron chi connectivity index (χ0n) is 10.0. The minimum absolute atomic E-state index is 0.0281. The molecule has 1 aromatic carbocycles. The van der Waals surface area contributed by atoms with E-state index in [2.05, 4.69) is 11.2 Å². The average molecular weight is 298 g/mol. The molecule has 3 N–H and O–H groups in total.